The fraction of sp³-hybridized carbons (Fsp3) is 1.00. The summed E-state index contributed by atoms with van der Waals surface area (Å²) in [6.07, 6.45) is 8.17. The molecule has 0 aromatic rings. The Hall–Kier alpha value is -0.0400. The zero-order valence-electron chi connectivity index (χ0n) is 11.6. The lowest BCUT2D eigenvalue weighted by atomic mass is 9.79. The molecule has 1 aliphatic rings. The molecule has 1 rings (SSSR count). The molecule has 1 heteroatoms. The highest BCUT2D eigenvalue weighted by Crippen LogP contribution is 2.39. The van der Waals surface area contributed by atoms with Gasteiger partial charge < -0.3 is 5.11 Å². The van der Waals surface area contributed by atoms with E-state index in [4.69, 9.17) is 0 Å². The fourth-order valence-electron chi connectivity index (χ4n) is 3.24. The summed E-state index contributed by atoms with van der Waals surface area (Å²) in [4.78, 5) is 0. The van der Waals surface area contributed by atoms with E-state index in [0.717, 1.165) is 24.7 Å². The van der Waals surface area contributed by atoms with Gasteiger partial charge >= 0.3 is 0 Å². The summed E-state index contributed by atoms with van der Waals surface area (Å²) < 4.78 is 0. The van der Waals surface area contributed by atoms with Crippen LogP contribution in [0.4, 0.5) is 0 Å². The highest BCUT2D eigenvalue weighted by atomic mass is 16.3. The van der Waals surface area contributed by atoms with E-state index in [2.05, 4.69) is 27.7 Å². The number of hydrogen-bond donors (Lipinski definition) is 1. The van der Waals surface area contributed by atoms with E-state index in [9.17, 15) is 5.11 Å². The Morgan fingerprint density at radius 3 is 2.44 bits per heavy atom. The Labute approximate surface area is 102 Å². The van der Waals surface area contributed by atoms with Gasteiger partial charge in [0.1, 0.15) is 0 Å². The molecule has 0 bridgehead atoms. The Balaban J connectivity index is 2.56. The van der Waals surface area contributed by atoms with E-state index in [1.807, 2.05) is 0 Å². The van der Waals surface area contributed by atoms with Gasteiger partial charge in [0.15, 0.2) is 0 Å². The van der Waals surface area contributed by atoms with Crippen LogP contribution >= 0.6 is 0 Å². The summed E-state index contributed by atoms with van der Waals surface area (Å²) in [5, 5.41) is 10.8. The first-order valence-corrected chi connectivity index (χ1v) is 7.22. The Morgan fingerprint density at radius 1 is 1.19 bits per heavy atom. The lowest BCUT2D eigenvalue weighted by Crippen LogP contribution is -2.35. The maximum absolute atomic E-state index is 10.8. The van der Waals surface area contributed by atoms with Crippen molar-refractivity contribution in [3.05, 3.63) is 0 Å². The van der Waals surface area contributed by atoms with Crippen LogP contribution in [-0.2, 0) is 0 Å². The summed E-state index contributed by atoms with van der Waals surface area (Å²) in [6.45, 7) is 9.10. The lowest BCUT2D eigenvalue weighted by molar-refractivity contribution is -0.0297. The molecule has 3 atom stereocenters. The Kier molecular flexibility index (Phi) is 5.30. The molecule has 1 nitrogen and oxygen atoms in total. The van der Waals surface area contributed by atoms with Gasteiger partial charge in [-0.2, -0.15) is 0 Å². The van der Waals surface area contributed by atoms with Crippen molar-refractivity contribution in [2.75, 3.05) is 0 Å². The molecule has 96 valence electrons. The van der Waals surface area contributed by atoms with Crippen molar-refractivity contribution in [1.29, 1.82) is 0 Å². The van der Waals surface area contributed by atoms with E-state index in [0.29, 0.717) is 5.92 Å². The molecule has 0 amide bonds. The minimum absolute atomic E-state index is 0.361. The van der Waals surface area contributed by atoms with E-state index >= 15 is 0 Å². The number of rotatable bonds is 4. The lowest BCUT2D eigenvalue weighted by Gasteiger charge is -2.33. The van der Waals surface area contributed by atoms with Crippen LogP contribution in [0.1, 0.15) is 72.6 Å². The molecule has 1 saturated carbocycles. The molecule has 1 fully saturated rings. The van der Waals surface area contributed by atoms with Gasteiger partial charge in [0, 0.05) is 0 Å². The summed E-state index contributed by atoms with van der Waals surface area (Å²) in [7, 11) is 0. The molecule has 1 aliphatic carbocycles. The smallest absolute Gasteiger partial charge is 0.0673 e. The van der Waals surface area contributed by atoms with E-state index in [-0.39, 0.29) is 5.60 Å². The molecule has 3 unspecified atom stereocenters. The highest BCUT2D eigenvalue weighted by molar-refractivity contribution is 4.87. The third-order valence-electron chi connectivity index (χ3n) is 4.71. The summed E-state index contributed by atoms with van der Waals surface area (Å²) in [5.74, 6) is 2.09. The van der Waals surface area contributed by atoms with Gasteiger partial charge in [-0.05, 0) is 43.4 Å². The minimum atomic E-state index is -0.361. The molecule has 16 heavy (non-hydrogen) atoms. The Bertz CT molecular complexity index is 200. The Morgan fingerprint density at radius 2 is 1.88 bits per heavy atom. The van der Waals surface area contributed by atoms with Crippen LogP contribution in [0.25, 0.3) is 0 Å². The SMILES string of the molecule is CCCC(C)C1(O)CCCC(C(C)C)CC1. The third kappa shape index (κ3) is 3.48. The summed E-state index contributed by atoms with van der Waals surface area (Å²) >= 11 is 0. The topological polar surface area (TPSA) is 20.2 Å². The molecule has 0 heterocycles. The largest absolute Gasteiger partial charge is 0.390 e. The monoisotopic (exact) mass is 226 g/mol. The molecule has 0 aliphatic heterocycles. The first kappa shape index (κ1) is 14.0. The van der Waals surface area contributed by atoms with Crippen LogP contribution in [0.15, 0.2) is 0 Å². The molecule has 0 spiro atoms. The second-order valence-corrected chi connectivity index (χ2v) is 6.23. The van der Waals surface area contributed by atoms with E-state index in [1.54, 1.807) is 0 Å². The molecular weight excluding hydrogens is 196 g/mol. The summed E-state index contributed by atoms with van der Waals surface area (Å²) in [5.41, 5.74) is -0.361. The van der Waals surface area contributed by atoms with Gasteiger partial charge in [0.2, 0.25) is 0 Å². The number of aliphatic hydroxyl groups is 1. The predicted octanol–water partition coefficient (Wildman–Crippen LogP) is 4.39. The molecular formula is C15H30O. The van der Waals surface area contributed by atoms with Crippen molar-refractivity contribution in [3.63, 3.8) is 0 Å². The predicted molar refractivity (Wildman–Crippen MR) is 70.4 cm³/mol. The van der Waals surface area contributed by atoms with Crippen LogP contribution in [0.5, 0.6) is 0 Å². The first-order chi connectivity index (χ1) is 7.49. The fourth-order valence-corrected chi connectivity index (χ4v) is 3.24. The van der Waals surface area contributed by atoms with Gasteiger partial charge in [-0.15, -0.1) is 0 Å². The minimum Gasteiger partial charge on any atom is -0.390 e. The van der Waals surface area contributed by atoms with Crippen molar-refractivity contribution < 1.29 is 5.11 Å². The van der Waals surface area contributed by atoms with E-state index in [1.165, 1.54) is 32.1 Å². The average molecular weight is 226 g/mol. The van der Waals surface area contributed by atoms with Crippen molar-refractivity contribution in [3.8, 4) is 0 Å². The zero-order chi connectivity index (χ0) is 12.2. The maximum Gasteiger partial charge on any atom is 0.0673 e. The molecule has 0 radical (unpaired) electrons. The molecule has 0 aromatic heterocycles. The molecule has 1 N–H and O–H groups in total. The highest BCUT2D eigenvalue weighted by Gasteiger charge is 2.35. The van der Waals surface area contributed by atoms with Gasteiger partial charge in [0.05, 0.1) is 5.60 Å². The van der Waals surface area contributed by atoms with Gasteiger partial charge in [-0.3, -0.25) is 0 Å². The van der Waals surface area contributed by atoms with Crippen molar-refractivity contribution in [1.82, 2.24) is 0 Å². The zero-order valence-corrected chi connectivity index (χ0v) is 11.6. The van der Waals surface area contributed by atoms with Crippen LogP contribution in [-0.4, -0.2) is 10.7 Å². The summed E-state index contributed by atoms with van der Waals surface area (Å²) in [6, 6.07) is 0. The van der Waals surface area contributed by atoms with Gasteiger partial charge in [0.25, 0.3) is 0 Å². The molecule has 0 aromatic carbocycles. The average Bonchev–Trinajstić information content (AvgIpc) is 2.42. The van der Waals surface area contributed by atoms with E-state index < -0.39 is 0 Å². The van der Waals surface area contributed by atoms with Crippen LogP contribution in [0.3, 0.4) is 0 Å². The first-order valence-electron chi connectivity index (χ1n) is 7.22. The van der Waals surface area contributed by atoms with Crippen molar-refractivity contribution in [2.24, 2.45) is 17.8 Å². The van der Waals surface area contributed by atoms with Crippen LogP contribution < -0.4 is 0 Å². The second kappa shape index (κ2) is 6.05. The van der Waals surface area contributed by atoms with Crippen LogP contribution in [0, 0.1) is 17.8 Å². The normalized spacial score (nSPS) is 33.8. The maximum atomic E-state index is 10.8. The van der Waals surface area contributed by atoms with Crippen LogP contribution in [0.2, 0.25) is 0 Å². The second-order valence-electron chi connectivity index (χ2n) is 6.23. The van der Waals surface area contributed by atoms with Crippen molar-refractivity contribution in [2.45, 2.75) is 78.2 Å². The quantitative estimate of drug-likeness (QED) is 0.705. The van der Waals surface area contributed by atoms with Gasteiger partial charge in [-0.1, -0.05) is 47.0 Å². The standard InChI is InChI=1S/C15H30O/c1-5-7-13(4)15(16)10-6-8-14(9-11-15)12(2)3/h12-14,16H,5-11H2,1-4H3. The molecule has 0 saturated heterocycles. The third-order valence-corrected chi connectivity index (χ3v) is 4.71. The number of hydrogen-bond acceptors (Lipinski definition) is 1. The van der Waals surface area contributed by atoms with Crippen molar-refractivity contribution >= 4 is 0 Å². The van der Waals surface area contributed by atoms with Gasteiger partial charge in [-0.25, -0.2) is 0 Å².